The third kappa shape index (κ3) is 3.26. The van der Waals surface area contributed by atoms with E-state index in [1.807, 2.05) is 0 Å². The van der Waals surface area contributed by atoms with E-state index in [0.717, 1.165) is 25.9 Å². The fourth-order valence-electron chi connectivity index (χ4n) is 2.12. The molecule has 1 heterocycles. The Hall–Kier alpha value is -1.55. The molecule has 0 spiro atoms. The van der Waals surface area contributed by atoms with Crippen LogP contribution in [0, 0.1) is 0 Å². The molecule has 1 aliphatic heterocycles. The SMILES string of the molecule is CC(Oc1ccc(C=O)cc1Cl)C(=O)N1CCCC1. The van der Waals surface area contributed by atoms with Crippen molar-refractivity contribution in [1.82, 2.24) is 4.90 Å². The van der Waals surface area contributed by atoms with E-state index in [0.29, 0.717) is 22.6 Å². The first kappa shape index (κ1) is 13.9. The molecular weight excluding hydrogens is 266 g/mol. The highest BCUT2D eigenvalue weighted by Gasteiger charge is 2.24. The highest BCUT2D eigenvalue weighted by Crippen LogP contribution is 2.26. The maximum absolute atomic E-state index is 12.1. The van der Waals surface area contributed by atoms with E-state index in [1.54, 1.807) is 24.0 Å². The number of carbonyl (C=O) groups excluding carboxylic acids is 2. The lowest BCUT2D eigenvalue weighted by Gasteiger charge is -2.21. The number of likely N-dealkylation sites (tertiary alicyclic amines) is 1. The van der Waals surface area contributed by atoms with Crippen LogP contribution in [0.1, 0.15) is 30.1 Å². The molecule has 1 amide bonds. The van der Waals surface area contributed by atoms with Crippen LogP contribution in [0.15, 0.2) is 18.2 Å². The van der Waals surface area contributed by atoms with E-state index in [2.05, 4.69) is 0 Å². The van der Waals surface area contributed by atoms with Gasteiger partial charge in [0.15, 0.2) is 6.10 Å². The van der Waals surface area contributed by atoms with E-state index in [9.17, 15) is 9.59 Å². The Bertz CT molecular complexity index is 484. The van der Waals surface area contributed by atoms with Crippen LogP contribution in [0.25, 0.3) is 0 Å². The molecule has 1 aliphatic rings. The average molecular weight is 282 g/mol. The lowest BCUT2D eigenvalue weighted by molar-refractivity contribution is -0.136. The van der Waals surface area contributed by atoms with Crippen molar-refractivity contribution in [3.05, 3.63) is 28.8 Å². The van der Waals surface area contributed by atoms with Gasteiger partial charge >= 0.3 is 0 Å². The zero-order valence-electron chi connectivity index (χ0n) is 10.8. The van der Waals surface area contributed by atoms with Crippen molar-refractivity contribution in [1.29, 1.82) is 0 Å². The van der Waals surface area contributed by atoms with Gasteiger partial charge in [-0.1, -0.05) is 11.6 Å². The zero-order chi connectivity index (χ0) is 13.8. The summed E-state index contributed by atoms with van der Waals surface area (Å²) in [5, 5.41) is 0.339. The number of benzene rings is 1. The minimum Gasteiger partial charge on any atom is -0.479 e. The molecule has 1 aromatic carbocycles. The molecule has 0 radical (unpaired) electrons. The normalized spacial score (nSPS) is 16.2. The van der Waals surface area contributed by atoms with E-state index < -0.39 is 6.10 Å². The van der Waals surface area contributed by atoms with Crippen molar-refractivity contribution >= 4 is 23.8 Å². The molecule has 102 valence electrons. The van der Waals surface area contributed by atoms with Crippen molar-refractivity contribution in [3.63, 3.8) is 0 Å². The summed E-state index contributed by atoms with van der Waals surface area (Å²) < 4.78 is 5.58. The summed E-state index contributed by atoms with van der Waals surface area (Å²) in [5.41, 5.74) is 0.482. The summed E-state index contributed by atoms with van der Waals surface area (Å²) in [4.78, 5) is 24.5. The van der Waals surface area contributed by atoms with E-state index in [-0.39, 0.29) is 5.91 Å². The summed E-state index contributed by atoms with van der Waals surface area (Å²) >= 11 is 6.01. The van der Waals surface area contributed by atoms with E-state index >= 15 is 0 Å². The third-order valence-corrected chi connectivity index (χ3v) is 3.46. The minimum atomic E-state index is -0.572. The van der Waals surface area contributed by atoms with Crippen LogP contribution >= 0.6 is 11.6 Å². The van der Waals surface area contributed by atoms with Gasteiger partial charge in [-0.2, -0.15) is 0 Å². The van der Waals surface area contributed by atoms with Crippen LogP contribution in [-0.2, 0) is 4.79 Å². The summed E-state index contributed by atoms with van der Waals surface area (Å²) in [6.07, 6.45) is 2.24. The standard InChI is InChI=1S/C14H16ClNO3/c1-10(14(18)16-6-2-3-7-16)19-13-5-4-11(9-17)8-12(13)15/h4-5,8-10H,2-3,6-7H2,1H3. The molecule has 0 N–H and O–H groups in total. The van der Waals surface area contributed by atoms with Gasteiger partial charge in [-0.25, -0.2) is 0 Å². The van der Waals surface area contributed by atoms with Crippen LogP contribution in [0.3, 0.4) is 0 Å². The molecular formula is C14H16ClNO3. The number of aldehydes is 1. The van der Waals surface area contributed by atoms with Crippen LogP contribution < -0.4 is 4.74 Å². The first-order valence-electron chi connectivity index (χ1n) is 6.32. The second-order valence-electron chi connectivity index (χ2n) is 4.60. The molecule has 0 aromatic heterocycles. The van der Waals surface area contributed by atoms with Crippen molar-refractivity contribution < 1.29 is 14.3 Å². The number of amides is 1. The van der Waals surface area contributed by atoms with Gasteiger partial charge in [-0.15, -0.1) is 0 Å². The lowest BCUT2D eigenvalue weighted by Crippen LogP contribution is -2.38. The Morgan fingerprint density at radius 1 is 1.42 bits per heavy atom. The number of hydrogen-bond acceptors (Lipinski definition) is 3. The molecule has 0 saturated carbocycles. The van der Waals surface area contributed by atoms with Crippen molar-refractivity contribution in [2.45, 2.75) is 25.9 Å². The largest absolute Gasteiger partial charge is 0.479 e. The Labute approximate surface area is 117 Å². The van der Waals surface area contributed by atoms with Gasteiger partial charge in [0.2, 0.25) is 0 Å². The first-order valence-corrected chi connectivity index (χ1v) is 6.70. The van der Waals surface area contributed by atoms with Crippen LogP contribution in [0.4, 0.5) is 0 Å². The number of halogens is 1. The Balaban J connectivity index is 2.03. The Morgan fingerprint density at radius 3 is 2.68 bits per heavy atom. The Kier molecular flexibility index (Phi) is 4.43. The van der Waals surface area contributed by atoms with Gasteiger partial charge in [0, 0.05) is 18.7 Å². The summed E-state index contributed by atoms with van der Waals surface area (Å²) in [6.45, 7) is 3.30. The molecule has 4 nitrogen and oxygen atoms in total. The summed E-state index contributed by atoms with van der Waals surface area (Å²) in [7, 11) is 0. The molecule has 5 heteroatoms. The van der Waals surface area contributed by atoms with Crippen molar-refractivity contribution in [3.8, 4) is 5.75 Å². The molecule has 1 saturated heterocycles. The molecule has 1 fully saturated rings. The number of carbonyl (C=O) groups is 2. The zero-order valence-corrected chi connectivity index (χ0v) is 11.5. The number of ether oxygens (including phenoxy) is 1. The number of hydrogen-bond donors (Lipinski definition) is 0. The number of rotatable bonds is 4. The van der Waals surface area contributed by atoms with Crippen LogP contribution in [-0.4, -0.2) is 36.3 Å². The quantitative estimate of drug-likeness (QED) is 0.797. The number of nitrogens with zero attached hydrogens (tertiary/aromatic N) is 1. The van der Waals surface area contributed by atoms with Gasteiger partial charge in [-0.05, 0) is 38.0 Å². The van der Waals surface area contributed by atoms with Gasteiger partial charge in [-0.3, -0.25) is 9.59 Å². The van der Waals surface area contributed by atoms with Gasteiger partial charge < -0.3 is 9.64 Å². The van der Waals surface area contributed by atoms with E-state index in [1.165, 1.54) is 6.07 Å². The molecule has 0 bridgehead atoms. The highest BCUT2D eigenvalue weighted by molar-refractivity contribution is 6.32. The van der Waals surface area contributed by atoms with Gasteiger partial charge in [0.1, 0.15) is 12.0 Å². The summed E-state index contributed by atoms with van der Waals surface area (Å²) in [5.74, 6) is 0.403. The van der Waals surface area contributed by atoms with Crippen molar-refractivity contribution in [2.24, 2.45) is 0 Å². The van der Waals surface area contributed by atoms with Gasteiger partial charge in [0.25, 0.3) is 5.91 Å². The fourth-order valence-corrected chi connectivity index (χ4v) is 2.35. The molecule has 0 aliphatic carbocycles. The molecule has 1 unspecified atom stereocenters. The van der Waals surface area contributed by atoms with Crippen LogP contribution in [0.5, 0.6) is 5.75 Å². The third-order valence-electron chi connectivity index (χ3n) is 3.16. The molecule has 19 heavy (non-hydrogen) atoms. The van der Waals surface area contributed by atoms with Gasteiger partial charge in [0.05, 0.1) is 5.02 Å². The molecule has 2 rings (SSSR count). The fraction of sp³-hybridized carbons (Fsp3) is 0.429. The molecule has 1 atom stereocenters. The smallest absolute Gasteiger partial charge is 0.263 e. The monoisotopic (exact) mass is 281 g/mol. The Morgan fingerprint density at radius 2 is 2.11 bits per heavy atom. The first-order chi connectivity index (χ1) is 9.11. The van der Waals surface area contributed by atoms with Crippen molar-refractivity contribution in [2.75, 3.05) is 13.1 Å². The lowest BCUT2D eigenvalue weighted by atomic mass is 10.2. The second-order valence-corrected chi connectivity index (χ2v) is 5.01. The topological polar surface area (TPSA) is 46.6 Å². The minimum absolute atomic E-state index is 0.0203. The maximum atomic E-state index is 12.1. The average Bonchev–Trinajstić information content (AvgIpc) is 2.94. The van der Waals surface area contributed by atoms with E-state index in [4.69, 9.17) is 16.3 Å². The maximum Gasteiger partial charge on any atom is 0.263 e. The molecule has 1 aromatic rings. The predicted molar refractivity (Wildman–Crippen MR) is 72.7 cm³/mol. The second kappa shape index (κ2) is 6.06. The predicted octanol–water partition coefficient (Wildman–Crippen LogP) is 2.54. The summed E-state index contributed by atoms with van der Waals surface area (Å²) in [6, 6.07) is 4.75. The highest BCUT2D eigenvalue weighted by atomic mass is 35.5. The van der Waals surface area contributed by atoms with Crippen LogP contribution in [0.2, 0.25) is 5.02 Å².